The highest BCUT2D eigenvalue weighted by molar-refractivity contribution is 6.31. The first-order chi connectivity index (χ1) is 13.0. The minimum Gasteiger partial charge on any atom is -0.481 e. The van der Waals surface area contributed by atoms with Gasteiger partial charge in [-0.05, 0) is 42.2 Å². The van der Waals surface area contributed by atoms with Gasteiger partial charge >= 0.3 is 5.97 Å². The van der Waals surface area contributed by atoms with Crippen molar-refractivity contribution in [1.82, 2.24) is 9.97 Å². The van der Waals surface area contributed by atoms with Crippen molar-refractivity contribution in [3.8, 4) is 11.1 Å². The van der Waals surface area contributed by atoms with Crippen LogP contribution in [0, 0.1) is 11.7 Å². The zero-order valence-corrected chi connectivity index (χ0v) is 15.2. The maximum absolute atomic E-state index is 14.5. The number of piperidine rings is 1. The van der Waals surface area contributed by atoms with Gasteiger partial charge in [-0.25, -0.2) is 14.4 Å². The van der Waals surface area contributed by atoms with Crippen LogP contribution in [0.15, 0.2) is 42.7 Å². The summed E-state index contributed by atoms with van der Waals surface area (Å²) in [6, 6.07) is 10.4. The molecule has 0 spiro atoms. The summed E-state index contributed by atoms with van der Waals surface area (Å²) in [5, 5.41) is 10.5. The Morgan fingerprint density at radius 2 is 2.11 bits per heavy atom. The lowest BCUT2D eigenvalue weighted by Crippen LogP contribution is -2.39. The standard InChI is InChI=1S/C20H17ClFN3O2/c21-14-5-1-3-12(9-14)15-6-7-16(22)18-17(15)19(24-11-23-18)25-8-2-4-13(10-25)20(26)27/h1,3,5-7,9,11,13H,2,4,8,10H2,(H,26,27). The number of carboxylic acids is 1. The average molecular weight is 386 g/mol. The van der Waals surface area contributed by atoms with Crippen LogP contribution in [0.25, 0.3) is 22.0 Å². The number of fused-ring (bicyclic) bond motifs is 1. The molecule has 0 aliphatic carbocycles. The van der Waals surface area contributed by atoms with E-state index in [4.69, 9.17) is 11.6 Å². The molecule has 1 unspecified atom stereocenters. The Morgan fingerprint density at radius 1 is 1.26 bits per heavy atom. The van der Waals surface area contributed by atoms with Crippen LogP contribution in [0.1, 0.15) is 12.8 Å². The molecular formula is C20H17ClFN3O2. The highest BCUT2D eigenvalue weighted by Gasteiger charge is 2.28. The Balaban J connectivity index is 1.91. The summed E-state index contributed by atoms with van der Waals surface area (Å²) in [6.07, 6.45) is 2.70. The van der Waals surface area contributed by atoms with E-state index in [2.05, 4.69) is 9.97 Å². The van der Waals surface area contributed by atoms with Crippen molar-refractivity contribution < 1.29 is 14.3 Å². The van der Waals surface area contributed by atoms with Gasteiger partial charge in [0.05, 0.1) is 11.3 Å². The van der Waals surface area contributed by atoms with Gasteiger partial charge in [-0.1, -0.05) is 29.8 Å². The van der Waals surface area contributed by atoms with Crippen molar-refractivity contribution >= 4 is 34.3 Å². The van der Waals surface area contributed by atoms with E-state index in [9.17, 15) is 14.3 Å². The normalized spacial score (nSPS) is 17.3. The monoisotopic (exact) mass is 385 g/mol. The number of halogens is 2. The summed E-state index contributed by atoms with van der Waals surface area (Å²) in [6.45, 7) is 1.01. The molecule has 2 heterocycles. The van der Waals surface area contributed by atoms with Gasteiger partial charge in [0, 0.05) is 18.1 Å². The number of hydrogen-bond acceptors (Lipinski definition) is 4. The highest BCUT2D eigenvalue weighted by atomic mass is 35.5. The Hall–Kier alpha value is -2.73. The average Bonchev–Trinajstić information content (AvgIpc) is 2.68. The minimum atomic E-state index is -0.820. The van der Waals surface area contributed by atoms with E-state index in [1.54, 1.807) is 18.2 Å². The third kappa shape index (κ3) is 3.32. The summed E-state index contributed by atoms with van der Waals surface area (Å²) in [5.74, 6) is -1.17. The van der Waals surface area contributed by atoms with Crippen molar-refractivity contribution in [2.45, 2.75) is 12.8 Å². The summed E-state index contributed by atoms with van der Waals surface area (Å²) in [4.78, 5) is 21.9. The van der Waals surface area contributed by atoms with E-state index in [1.165, 1.54) is 12.4 Å². The maximum atomic E-state index is 14.5. The van der Waals surface area contributed by atoms with E-state index in [0.29, 0.717) is 35.7 Å². The number of aromatic nitrogens is 2. The van der Waals surface area contributed by atoms with Crippen molar-refractivity contribution in [3.05, 3.63) is 53.6 Å². The zero-order chi connectivity index (χ0) is 19.0. The molecule has 0 radical (unpaired) electrons. The van der Waals surface area contributed by atoms with Crippen LogP contribution in [0.5, 0.6) is 0 Å². The number of anilines is 1. The molecule has 0 bridgehead atoms. The first kappa shape index (κ1) is 17.7. The van der Waals surface area contributed by atoms with Crippen LogP contribution < -0.4 is 4.90 Å². The number of hydrogen-bond donors (Lipinski definition) is 1. The van der Waals surface area contributed by atoms with Crippen LogP contribution in [0.2, 0.25) is 5.02 Å². The van der Waals surface area contributed by atoms with Gasteiger partial charge in [-0.3, -0.25) is 4.79 Å². The summed E-state index contributed by atoms with van der Waals surface area (Å²) < 4.78 is 14.5. The molecular weight excluding hydrogens is 369 g/mol. The van der Waals surface area contributed by atoms with E-state index in [1.807, 2.05) is 17.0 Å². The van der Waals surface area contributed by atoms with Crippen molar-refractivity contribution in [2.24, 2.45) is 5.92 Å². The molecule has 27 heavy (non-hydrogen) atoms. The van der Waals surface area contributed by atoms with Crippen LogP contribution in [0.3, 0.4) is 0 Å². The molecule has 7 heteroatoms. The molecule has 1 aromatic heterocycles. The molecule has 3 aromatic rings. The third-order valence-electron chi connectivity index (χ3n) is 4.92. The fraction of sp³-hybridized carbons (Fsp3) is 0.250. The molecule has 1 N–H and O–H groups in total. The number of rotatable bonds is 3. The predicted octanol–water partition coefficient (Wildman–Crippen LogP) is 4.39. The smallest absolute Gasteiger partial charge is 0.308 e. The molecule has 138 valence electrons. The molecule has 2 aromatic carbocycles. The number of nitrogens with zero attached hydrogens (tertiary/aromatic N) is 3. The number of aliphatic carboxylic acids is 1. The van der Waals surface area contributed by atoms with Gasteiger partial charge in [-0.15, -0.1) is 0 Å². The van der Waals surface area contributed by atoms with Gasteiger partial charge in [0.25, 0.3) is 0 Å². The molecule has 0 amide bonds. The lowest BCUT2D eigenvalue weighted by molar-refractivity contribution is -0.141. The third-order valence-corrected chi connectivity index (χ3v) is 5.16. The quantitative estimate of drug-likeness (QED) is 0.724. The van der Waals surface area contributed by atoms with Crippen molar-refractivity contribution in [3.63, 3.8) is 0 Å². The van der Waals surface area contributed by atoms with E-state index < -0.39 is 17.7 Å². The number of benzene rings is 2. The van der Waals surface area contributed by atoms with E-state index in [0.717, 1.165) is 17.5 Å². The van der Waals surface area contributed by atoms with Gasteiger partial charge in [0.15, 0.2) is 0 Å². The Bertz CT molecular complexity index is 1030. The zero-order valence-electron chi connectivity index (χ0n) is 14.4. The second-order valence-corrected chi connectivity index (χ2v) is 7.09. The van der Waals surface area contributed by atoms with Gasteiger partial charge < -0.3 is 10.0 Å². The van der Waals surface area contributed by atoms with Crippen LogP contribution in [0.4, 0.5) is 10.2 Å². The molecule has 5 nitrogen and oxygen atoms in total. The lowest BCUT2D eigenvalue weighted by atomic mass is 9.96. The number of carboxylic acid groups (broad SMARTS) is 1. The first-order valence-electron chi connectivity index (χ1n) is 8.71. The summed E-state index contributed by atoms with van der Waals surface area (Å²) in [5.41, 5.74) is 1.81. The largest absolute Gasteiger partial charge is 0.481 e. The van der Waals surface area contributed by atoms with Crippen LogP contribution in [-0.4, -0.2) is 34.1 Å². The summed E-state index contributed by atoms with van der Waals surface area (Å²) in [7, 11) is 0. The van der Waals surface area contributed by atoms with Gasteiger partial charge in [-0.2, -0.15) is 0 Å². The highest BCUT2D eigenvalue weighted by Crippen LogP contribution is 2.37. The summed E-state index contributed by atoms with van der Waals surface area (Å²) >= 11 is 6.14. The first-order valence-corrected chi connectivity index (χ1v) is 9.09. The number of carbonyl (C=O) groups is 1. The van der Waals surface area contributed by atoms with Crippen LogP contribution >= 0.6 is 11.6 Å². The molecule has 0 saturated carbocycles. The van der Waals surface area contributed by atoms with Gasteiger partial charge in [0.1, 0.15) is 23.5 Å². The lowest BCUT2D eigenvalue weighted by Gasteiger charge is -2.32. The Labute approximate surface area is 160 Å². The van der Waals surface area contributed by atoms with Gasteiger partial charge in [0.2, 0.25) is 0 Å². The van der Waals surface area contributed by atoms with E-state index in [-0.39, 0.29) is 5.52 Å². The molecule has 1 saturated heterocycles. The molecule has 1 atom stereocenters. The molecule has 1 aliphatic rings. The Morgan fingerprint density at radius 3 is 2.89 bits per heavy atom. The van der Waals surface area contributed by atoms with E-state index >= 15 is 0 Å². The SMILES string of the molecule is O=C(O)C1CCCN(c2ncnc3c(F)ccc(-c4cccc(Cl)c4)c23)C1. The molecule has 1 fully saturated rings. The predicted molar refractivity (Wildman–Crippen MR) is 103 cm³/mol. The van der Waals surface area contributed by atoms with Crippen LogP contribution in [-0.2, 0) is 4.79 Å². The Kier molecular flexibility index (Phi) is 4.66. The fourth-order valence-electron chi connectivity index (χ4n) is 3.63. The molecule has 1 aliphatic heterocycles. The second kappa shape index (κ2) is 7.12. The topological polar surface area (TPSA) is 66.3 Å². The van der Waals surface area contributed by atoms with Crippen molar-refractivity contribution in [2.75, 3.05) is 18.0 Å². The molecule has 4 rings (SSSR count). The second-order valence-electron chi connectivity index (χ2n) is 6.65. The minimum absolute atomic E-state index is 0.218. The van der Waals surface area contributed by atoms with Crippen molar-refractivity contribution in [1.29, 1.82) is 0 Å². The fourth-order valence-corrected chi connectivity index (χ4v) is 3.82. The maximum Gasteiger partial charge on any atom is 0.308 e.